The van der Waals surface area contributed by atoms with Crippen LogP contribution in [-0.2, 0) is 15.8 Å². The van der Waals surface area contributed by atoms with Crippen molar-refractivity contribution in [2.45, 2.75) is 43.9 Å². The fraction of sp³-hybridized carbons (Fsp3) is 0.350. The molecule has 9 heteroatoms. The Hall–Kier alpha value is -2.94. The number of carbonyl (C=O) groups excluding carboxylic acids is 1. The third-order valence-corrected chi connectivity index (χ3v) is 6.10. The summed E-state index contributed by atoms with van der Waals surface area (Å²) in [6.45, 7) is 0. The molecule has 1 fully saturated rings. The largest absolute Gasteiger partial charge is 0.349 e. The number of nitrogens with zero attached hydrogens (tertiary/aromatic N) is 1. The summed E-state index contributed by atoms with van der Waals surface area (Å²) in [5, 5.41) is 13.9. The molecular weight excluding hydrogens is 394 g/mol. The summed E-state index contributed by atoms with van der Waals surface area (Å²) in [6, 6.07) is 12.0. The smallest absolute Gasteiger partial charge is 0.269 e. The van der Waals surface area contributed by atoms with Crippen LogP contribution in [-0.4, -0.2) is 25.3 Å². The molecule has 0 bridgehead atoms. The average Bonchev–Trinajstić information content (AvgIpc) is 2.68. The van der Waals surface area contributed by atoms with Crippen LogP contribution in [0.25, 0.3) is 0 Å². The van der Waals surface area contributed by atoms with E-state index in [4.69, 9.17) is 0 Å². The molecule has 0 atom stereocenters. The minimum atomic E-state index is -3.87. The monoisotopic (exact) mass is 417 g/mol. The average molecular weight is 417 g/mol. The van der Waals surface area contributed by atoms with Gasteiger partial charge in [0.25, 0.3) is 11.6 Å². The second-order valence-corrected chi connectivity index (χ2v) is 8.86. The lowest BCUT2D eigenvalue weighted by molar-refractivity contribution is -0.384. The number of benzene rings is 2. The molecule has 2 N–H and O–H groups in total. The fourth-order valence-electron chi connectivity index (χ4n) is 3.46. The maximum atomic E-state index is 12.7. The highest BCUT2D eigenvalue weighted by Crippen LogP contribution is 2.22. The van der Waals surface area contributed by atoms with E-state index in [-0.39, 0.29) is 34.5 Å². The highest BCUT2D eigenvalue weighted by molar-refractivity contribution is 7.91. The van der Waals surface area contributed by atoms with Crippen molar-refractivity contribution in [3.05, 3.63) is 69.8 Å². The van der Waals surface area contributed by atoms with E-state index in [2.05, 4.69) is 10.0 Å². The zero-order valence-corrected chi connectivity index (χ0v) is 16.7. The second-order valence-electron chi connectivity index (χ2n) is 7.14. The van der Waals surface area contributed by atoms with E-state index in [0.29, 0.717) is 0 Å². The van der Waals surface area contributed by atoms with Crippen molar-refractivity contribution in [3.8, 4) is 0 Å². The predicted molar refractivity (Wildman–Crippen MR) is 110 cm³/mol. The van der Waals surface area contributed by atoms with Gasteiger partial charge < -0.3 is 5.32 Å². The third kappa shape index (κ3) is 5.77. The molecule has 154 valence electrons. The van der Waals surface area contributed by atoms with Crippen LogP contribution >= 0.6 is 0 Å². The molecule has 0 saturated heterocycles. The van der Waals surface area contributed by atoms with Crippen LogP contribution in [0.5, 0.6) is 0 Å². The van der Waals surface area contributed by atoms with Crippen LogP contribution in [0.15, 0.2) is 48.5 Å². The van der Waals surface area contributed by atoms with Crippen molar-refractivity contribution >= 4 is 27.3 Å². The molecule has 0 unspecified atom stereocenters. The normalized spacial score (nSPS) is 14.9. The van der Waals surface area contributed by atoms with Crippen LogP contribution in [0.1, 0.15) is 48.0 Å². The lowest BCUT2D eigenvalue weighted by atomic mass is 9.95. The zero-order chi connectivity index (χ0) is 20.9. The van der Waals surface area contributed by atoms with Gasteiger partial charge in [-0.25, -0.2) is 8.42 Å². The molecule has 0 aromatic heterocycles. The number of anilines is 1. The zero-order valence-electron chi connectivity index (χ0n) is 15.8. The molecule has 1 aliphatic rings. The van der Waals surface area contributed by atoms with Gasteiger partial charge in [0.2, 0.25) is 10.0 Å². The molecule has 1 saturated carbocycles. The molecule has 0 radical (unpaired) electrons. The van der Waals surface area contributed by atoms with Gasteiger partial charge in [-0.15, -0.1) is 0 Å². The predicted octanol–water partition coefficient (Wildman–Crippen LogP) is 3.60. The van der Waals surface area contributed by atoms with Crippen molar-refractivity contribution in [3.63, 3.8) is 0 Å². The molecule has 1 amide bonds. The molecule has 2 aromatic rings. The minimum absolute atomic E-state index is 0.103. The first-order valence-electron chi connectivity index (χ1n) is 9.48. The highest BCUT2D eigenvalue weighted by Gasteiger charge is 2.21. The van der Waals surface area contributed by atoms with Crippen LogP contribution in [0.4, 0.5) is 11.4 Å². The van der Waals surface area contributed by atoms with E-state index < -0.39 is 20.7 Å². The Morgan fingerprint density at radius 2 is 1.79 bits per heavy atom. The fourth-order valence-corrected chi connectivity index (χ4v) is 4.67. The van der Waals surface area contributed by atoms with Gasteiger partial charge in [0.1, 0.15) is 0 Å². The molecule has 2 aromatic carbocycles. The maximum absolute atomic E-state index is 12.7. The molecule has 29 heavy (non-hydrogen) atoms. The number of carbonyl (C=O) groups is 1. The van der Waals surface area contributed by atoms with E-state index in [0.717, 1.165) is 25.7 Å². The second kappa shape index (κ2) is 9.04. The summed E-state index contributed by atoms with van der Waals surface area (Å²) in [6.07, 6.45) is 5.16. The number of non-ortho nitro benzene ring substituents is 1. The van der Waals surface area contributed by atoms with E-state index >= 15 is 0 Å². The molecular formula is C20H23N3O5S. The van der Waals surface area contributed by atoms with Gasteiger partial charge in [-0.3, -0.25) is 19.6 Å². The molecule has 0 spiro atoms. The molecule has 0 heterocycles. The van der Waals surface area contributed by atoms with Crippen LogP contribution < -0.4 is 10.0 Å². The van der Waals surface area contributed by atoms with Gasteiger partial charge in [-0.05, 0) is 30.5 Å². The van der Waals surface area contributed by atoms with E-state index in [9.17, 15) is 23.3 Å². The Bertz CT molecular complexity index is 1000. The van der Waals surface area contributed by atoms with Gasteiger partial charge in [0, 0.05) is 18.2 Å². The van der Waals surface area contributed by atoms with E-state index in [1.165, 1.54) is 36.8 Å². The number of nitro groups is 1. The first-order valence-corrected chi connectivity index (χ1v) is 11.1. The number of hydrogen-bond acceptors (Lipinski definition) is 5. The van der Waals surface area contributed by atoms with E-state index in [1.807, 2.05) is 0 Å². The standard InChI is InChI=1S/C20H23N3O5S/c24-20(21-16-8-2-1-3-9-16)18-11-4-5-12-19(18)22-29(27,28)14-15-7-6-10-17(13-15)23(25)26/h4-7,10-13,16,22H,1-3,8-9,14H2,(H,21,24). The van der Waals surface area contributed by atoms with Gasteiger partial charge in [-0.2, -0.15) is 0 Å². The van der Waals surface area contributed by atoms with Crippen LogP contribution in [0, 0.1) is 10.1 Å². The summed E-state index contributed by atoms with van der Waals surface area (Å²) in [7, 11) is -3.87. The lowest BCUT2D eigenvalue weighted by Crippen LogP contribution is -2.36. The summed E-state index contributed by atoms with van der Waals surface area (Å²) in [5.74, 6) is -0.752. The minimum Gasteiger partial charge on any atom is -0.349 e. The van der Waals surface area contributed by atoms with Crippen LogP contribution in [0.3, 0.4) is 0 Å². The number of nitrogens with one attached hydrogen (secondary N) is 2. The lowest BCUT2D eigenvalue weighted by Gasteiger charge is -2.23. The SMILES string of the molecule is O=C(NC1CCCCC1)c1ccccc1NS(=O)(=O)Cc1cccc([N+](=O)[O-])c1. The maximum Gasteiger partial charge on any atom is 0.269 e. The molecule has 8 nitrogen and oxygen atoms in total. The number of nitro benzene ring substituents is 1. The van der Waals surface area contributed by atoms with Crippen molar-refractivity contribution < 1.29 is 18.1 Å². The Kier molecular flexibility index (Phi) is 6.48. The van der Waals surface area contributed by atoms with E-state index in [1.54, 1.807) is 18.2 Å². The third-order valence-electron chi connectivity index (χ3n) is 4.86. The van der Waals surface area contributed by atoms with Crippen LogP contribution in [0.2, 0.25) is 0 Å². The summed E-state index contributed by atoms with van der Waals surface area (Å²) in [4.78, 5) is 23.0. The summed E-state index contributed by atoms with van der Waals surface area (Å²) < 4.78 is 27.6. The Morgan fingerprint density at radius 1 is 1.07 bits per heavy atom. The van der Waals surface area contributed by atoms with Gasteiger partial charge in [-0.1, -0.05) is 43.5 Å². The molecule has 0 aliphatic heterocycles. The number of para-hydroxylation sites is 1. The number of hydrogen-bond donors (Lipinski definition) is 2. The van der Waals surface area contributed by atoms with Gasteiger partial charge >= 0.3 is 0 Å². The molecule has 1 aliphatic carbocycles. The number of rotatable bonds is 7. The summed E-state index contributed by atoms with van der Waals surface area (Å²) in [5.41, 5.74) is 0.549. The number of amides is 1. The summed E-state index contributed by atoms with van der Waals surface area (Å²) >= 11 is 0. The van der Waals surface area contributed by atoms with Gasteiger partial charge in [0.15, 0.2) is 0 Å². The van der Waals surface area contributed by atoms with Gasteiger partial charge in [0.05, 0.1) is 21.9 Å². The highest BCUT2D eigenvalue weighted by atomic mass is 32.2. The Labute approximate surface area is 169 Å². The topological polar surface area (TPSA) is 118 Å². The number of sulfonamides is 1. The Balaban J connectivity index is 1.74. The van der Waals surface area contributed by atoms with Crippen molar-refractivity contribution in [2.75, 3.05) is 4.72 Å². The van der Waals surface area contributed by atoms with Crippen molar-refractivity contribution in [1.82, 2.24) is 5.32 Å². The first-order chi connectivity index (χ1) is 13.8. The first kappa shape index (κ1) is 20.8. The van der Waals surface area contributed by atoms with Crippen molar-refractivity contribution in [1.29, 1.82) is 0 Å². The quantitative estimate of drug-likeness (QED) is 0.527. The Morgan fingerprint density at radius 3 is 2.52 bits per heavy atom. The molecule has 3 rings (SSSR count). The van der Waals surface area contributed by atoms with Crippen molar-refractivity contribution in [2.24, 2.45) is 0 Å².